The number of hydrogen-bond donors (Lipinski definition) is 0. The largest absolute Gasteiger partial charge is 0.494 e. The van der Waals surface area contributed by atoms with Crippen molar-refractivity contribution in [2.45, 2.75) is 45.6 Å². The van der Waals surface area contributed by atoms with Crippen LogP contribution in [0, 0.1) is 0 Å². The van der Waals surface area contributed by atoms with Gasteiger partial charge in [0.15, 0.2) is 0 Å². The summed E-state index contributed by atoms with van der Waals surface area (Å²) in [6, 6.07) is 37.9. The van der Waals surface area contributed by atoms with Crippen LogP contribution in [0.25, 0.3) is 11.1 Å². The molecule has 4 aromatic rings. The monoisotopic (exact) mass is 524 g/mol. The summed E-state index contributed by atoms with van der Waals surface area (Å²) in [5.41, 5.74) is 7.31. The van der Waals surface area contributed by atoms with E-state index in [9.17, 15) is 0 Å². The van der Waals surface area contributed by atoms with E-state index in [-0.39, 0.29) is 0 Å². The highest BCUT2D eigenvalue weighted by Gasteiger charge is 2.13. The molecule has 0 N–H and O–H groups in total. The number of hydrogen-bond acceptors (Lipinski definition) is 2. The van der Waals surface area contributed by atoms with Gasteiger partial charge in [0.1, 0.15) is 18.1 Å². The maximum absolute atomic E-state index is 6.05. The van der Waals surface area contributed by atoms with Crippen LogP contribution in [0.4, 0.5) is 0 Å². The summed E-state index contributed by atoms with van der Waals surface area (Å²) < 4.78 is 12.1. The molecule has 0 spiro atoms. The van der Waals surface area contributed by atoms with Gasteiger partial charge in [0.05, 0.1) is 6.61 Å². The zero-order valence-electron chi connectivity index (χ0n) is 22.2. The Bertz CT molecular complexity index is 1250. The van der Waals surface area contributed by atoms with Crippen LogP contribution >= 0.6 is 11.6 Å². The first-order valence-corrected chi connectivity index (χ1v) is 14.2. The SMILES string of the molecule is CCC(=C(c1ccc(OCCCCCCCl)cc1)c1ccc(OCc2ccccc2)cc1)c1ccccc1. The van der Waals surface area contributed by atoms with Crippen molar-refractivity contribution in [3.63, 3.8) is 0 Å². The summed E-state index contributed by atoms with van der Waals surface area (Å²) in [6.45, 7) is 3.52. The number of ether oxygens (including phenoxy) is 2. The van der Waals surface area contributed by atoms with Crippen LogP contribution < -0.4 is 9.47 Å². The highest BCUT2D eigenvalue weighted by molar-refractivity contribution is 6.17. The van der Waals surface area contributed by atoms with Crippen LogP contribution in [0.3, 0.4) is 0 Å². The summed E-state index contributed by atoms with van der Waals surface area (Å²) in [4.78, 5) is 0. The summed E-state index contributed by atoms with van der Waals surface area (Å²) in [5, 5.41) is 0. The van der Waals surface area contributed by atoms with Gasteiger partial charge in [-0.2, -0.15) is 0 Å². The lowest BCUT2D eigenvalue weighted by molar-refractivity contribution is 0.305. The first-order chi connectivity index (χ1) is 18.8. The van der Waals surface area contributed by atoms with Gasteiger partial charge >= 0.3 is 0 Å². The van der Waals surface area contributed by atoms with Crippen molar-refractivity contribution in [1.82, 2.24) is 0 Å². The van der Waals surface area contributed by atoms with Crippen molar-refractivity contribution in [2.75, 3.05) is 12.5 Å². The zero-order chi connectivity index (χ0) is 26.4. The van der Waals surface area contributed by atoms with Gasteiger partial charge < -0.3 is 9.47 Å². The number of allylic oxidation sites excluding steroid dienone is 1. The van der Waals surface area contributed by atoms with E-state index in [4.69, 9.17) is 21.1 Å². The summed E-state index contributed by atoms with van der Waals surface area (Å²) in [6.07, 6.45) is 5.37. The fraction of sp³-hybridized carbons (Fsp3) is 0.257. The molecule has 0 aromatic heterocycles. The van der Waals surface area contributed by atoms with E-state index < -0.39 is 0 Å². The van der Waals surface area contributed by atoms with Gasteiger partial charge in [-0.15, -0.1) is 11.6 Å². The molecule has 0 aliphatic carbocycles. The fourth-order valence-corrected chi connectivity index (χ4v) is 4.79. The van der Waals surface area contributed by atoms with Crippen molar-refractivity contribution in [3.8, 4) is 11.5 Å². The van der Waals surface area contributed by atoms with Gasteiger partial charge in [0.25, 0.3) is 0 Å². The number of halogens is 1. The van der Waals surface area contributed by atoms with E-state index in [2.05, 4.69) is 97.9 Å². The predicted octanol–water partition coefficient (Wildman–Crippen LogP) is 9.81. The van der Waals surface area contributed by atoms with Crippen LogP contribution in [0.5, 0.6) is 11.5 Å². The van der Waals surface area contributed by atoms with Crippen molar-refractivity contribution in [1.29, 1.82) is 0 Å². The van der Waals surface area contributed by atoms with Gasteiger partial charge in [-0.3, -0.25) is 0 Å². The standard InChI is InChI=1S/C35H37ClO2/c1-2-34(29-15-9-6-10-16-29)35(30-17-21-32(22-18-30)37-26-12-4-3-11-25-36)31-19-23-33(24-20-31)38-27-28-13-7-5-8-14-28/h5-10,13-24H,2-4,11-12,25-27H2,1H3. The third-order valence-electron chi connectivity index (χ3n) is 6.61. The van der Waals surface area contributed by atoms with Crippen LogP contribution in [-0.4, -0.2) is 12.5 Å². The molecule has 2 nitrogen and oxygen atoms in total. The van der Waals surface area contributed by atoms with Gasteiger partial charge in [-0.1, -0.05) is 105 Å². The zero-order valence-corrected chi connectivity index (χ0v) is 23.0. The highest BCUT2D eigenvalue weighted by atomic mass is 35.5. The Morgan fingerprint density at radius 3 is 1.71 bits per heavy atom. The van der Waals surface area contributed by atoms with Crippen molar-refractivity contribution >= 4 is 22.7 Å². The summed E-state index contributed by atoms with van der Waals surface area (Å²) in [7, 11) is 0. The summed E-state index contributed by atoms with van der Waals surface area (Å²) in [5.74, 6) is 2.52. The molecule has 0 bridgehead atoms. The average molecular weight is 525 g/mol. The van der Waals surface area contributed by atoms with Crippen LogP contribution in [-0.2, 0) is 6.61 Å². The highest BCUT2D eigenvalue weighted by Crippen LogP contribution is 2.35. The van der Waals surface area contributed by atoms with Gasteiger partial charge in [-0.05, 0) is 76.9 Å². The molecule has 0 aliphatic rings. The summed E-state index contributed by atoms with van der Waals surface area (Å²) >= 11 is 5.77. The van der Waals surface area contributed by atoms with Gasteiger partial charge in [0.2, 0.25) is 0 Å². The predicted molar refractivity (Wildman–Crippen MR) is 161 cm³/mol. The molecule has 0 fully saturated rings. The molecular formula is C35H37ClO2. The average Bonchev–Trinajstić information content (AvgIpc) is 2.98. The first kappa shape index (κ1) is 27.5. The maximum Gasteiger partial charge on any atom is 0.119 e. The molecule has 4 rings (SSSR count). The lowest BCUT2D eigenvalue weighted by atomic mass is 9.88. The Labute approximate surface area is 232 Å². The van der Waals surface area contributed by atoms with E-state index in [1.54, 1.807) is 0 Å². The Morgan fingerprint density at radius 1 is 0.579 bits per heavy atom. The van der Waals surface area contributed by atoms with Gasteiger partial charge in [-0.25, -0.2) is 0 Å². The van der Waals surface area contributed by atoms with E-state index in [1.807, 2.05) is 18.2 Å². The second kappa shape index (κ2) is 15.1. The number of unbranched alkanes of at least 4 members (excludes halogenated alkanes) is 3. The molecule has 0 aliphatic heterocycles. The molecule has 0 unspecified atom stereocenters. The van der Waals surface area contributed by atoms with E-state index in [1.165, 1.54) is 27.8 Å². The second-order valence-corrected chi connectivity index (χ2v) is 9.73. The molecule has 38 heavy (non-hydrogen) atoms. The lowest BCUT2D eigenvalue weighted by Crippen LogP contribution is -1.99. The minimum absolute atomic E-state index is 0.557. The van der Waals surface area contributed by atoms with E-state index >= 15 is 0 Å². The minimum atomic E-state index is 0.557. The third-order valence-corrected chi connectivity index (χ3v) is 6.88. The van der Waals surface area contributed by atoms with Crippen LogP contribution in [0.1, 0.15) is 61.3 Å². The van der Waals surface area contributed by atoms with Crippen LogP contribution in [0.15, 0.2) is 109 Å². The topological polar surface area (TPSA) is 18.5 Å². The van der Waals surface area contributed by atoms with Crippen molar-refractivity contribution < 1.29 is 9.47 Å². The Balaban J connectivity index is 1.55. The molecule has 196 valence electrons. The molecular weight excluding hydrogens is 488 g/mol. The van der Waals surface area contributed by atoms with E-state index in [0.717, 1.165) is 61.7 Å². The number of rotatable bonds is 14. The van der Waals surface area contributed by atoms with Crippen molar-refractivity contribution in [3.05, 3.63) is 131 Å². The molecule has 0 atom stereocenters. The van der Waals surface area contributed by atoms with Crippen LogP contribution in [0.2, 0.25) is 0 Å². The molecule has 0 saturated carbocycles. The second-order valence-electron chi connectivity index (χ2n) is 9.35. The Morgan fingerprint density at radius 2 is 1.13 bits per heavy atom. The molecule has 0 saturated heterocycles. The Kier molecular flexibility index (Phi) is 10.9. The maximum atomic E-state index is 6.05. The molecule has 0 heterocycles. The molecule has 0 amide bonds. The third kappa shape index (κ3) is 8.00. The Hall–Kier alpha value is -3.49. The number of benzene rings is 4. The quantitative estimate of drug-likeness (QED) is 0.0927. The molecule has 0 radical (unpaired) electrons. The fourth-order valence-electron chi connectivity index (χ4n) is 4.60. The number of alkyl halides is 1. The normalized spacial score (nSPS) is 11.6. The van der Waals surface area contributed by atoms with Gasteiger partial charge in [0, 0.05) is 5.88 Å². The van der Waals surface area contributed by atoms with E-state index in [0.29, 0.717) is 6.61 Å². The van der Waals surface area contributed by atoms with Crippen molar-refractivity contribution in [2.24, 2.45) is 0 Å². The minimum Gasteiger partial charge on any atom is -0.494 e. The first-order valence-electron chi connectivity index (χ1n) is 13.6. The lowest BCUT2D eigenvalue weighted by Gasteiger charge is -2.17. The smallest absolute Gasteiger partial charge is 0.119 e. The molecule has 4 aromatic carbocycles. The molecule has 3 heteroatoms.